The highest BCUT2D eigenvalue weighted by atomic mass is 32.2. The Hall–Kier alpha value is -4.11. The van der Waals surface area contributed by atoms with Crippen LogP contribution in [0.15, 0.2) is 75.3 Å². The molecule has 1 N–H and O–H groups in total. The van der Waals surface area contributed by atoms with Crippen molar-refractivity contribution in [1.29, 1.82) is 0 Å². The second kappa shape index (κ2) is 13.0. The largest absolute Gasteiger partial charge is 0.463 e. The first-order valence-electron chi connectivity index (χ1n) is 13.2. The van der Waals surface area contributed by atoms with Crippen LogP contribution in [0.3, 0.4) is 0 Å². The van der Waals surface area contributed by atoms with Gasteiger partial charge in [-0.2, -0.15) is 8.42 Å². The summed E-state index contributed by atoms with van der Waals surface area (Å²) < 4.78 is 56.3. The van der Waals surface area contributed by atoms with Crippen molar-refractivity contribution in [1.82, 2.24) is 9.55 Å². The molecule has 3 aromatic rings. The van der Waals surface area contributed by atoms with Crippen LogP contribution in [0.25, 0.3) is 0 Å². The highest BCUT2D eigenvalue weighted by molar-refractivity contribution is 7.86. The molecule has 0 unspecified atom stereocenters. The van der Waals surface area contributed by atoms with E-state index in [1.54, 1.807) is 49.4 Å². The van der Waals surface area contributed by atoms with Crippen molar-refractivity contribution in [3.05, 3.63) is 98.3 Å². The monoisotopic (exact) mass is 616 g/mol. The van der Waals surface area contributed by atoms with Gasteiger partial charge in [-0.1, -0.05) is 48.0 Å². The van der Waals surface area contributed by atoms with Crippen LogP contribution in [0, 0.1) is 13.8 Å². The Morgan fingerprint density at radius 1 is 0.977 bits per heavy atom. The molecule has 230 valence electrons. The minimum absolute atomic E-state index is 0.0641. The van der Waals surface area contributed by atoms with E-state index in [2.05, 4.69) is 4.98 Å². The van der Waals surface area contributed by atoms with Crippen LogP contribution in [0.4, 0.5) is 0 Å². The first-order valence-corrected chi connectivity index (χ1v) is 14.6. The number of aryl methyl sites for hydroxylation is 2. The lowest BCUT2D eigenvalue weighted by Gasteiger charge is -2.33. The minimum atomic E-state index is -4.37. The number of nitrogens with zero attached hydrogens (tertiary/aromatic N) is 1. The van der Waals surface area contributed by atoms with Crippen molar-refractivity contribution >= 4 is 22.1 Å². The van der Waals surface area contributed by atoms with Crippen molar-refractivity contribution in [3.8, 4) is 0 Å². The standard InChI is InChI=1S/C29H32N2O11S/c1-18-10-12-23(13-11-18)43(36,37)40-17-29(16-39-20(3)32)25(38-15-22-8-6-5-7-9-22)24(41-21(4)33)27(42-29)31-14-19(2)26(34)30-28(31)35/h5-14,24-25,27H,15-17H2,1-4H3,(H,30,34,35)/t24-,25+,27-,29-/m1/s1. The number of rotatable bonds is 11. The Kier molecular flexibility index (Phi) is 9.65. The molecule has 1 fully saturated rings. The summed E-state index contributed by atoms with van der Waals surface area (Å²) in [6, 6.07) is 14.8. The fourth-order valence-electron chi connectivity index (χ4n) is 4.58. The number of H-pyrrole nitrogens is 1. The number of nitrogens with one attached hydrogen (secondary N) is 1. The van der Waals surface area contributed by atoms with Gasteiger partial charge in [0.25, 0.3) is 15.7 Å². The number of benzene rings is 2. The first kappa shape index (κ1) is 31.8. The smallest absolute Gasteiger partial charge is 0.330 e. The quantitative estimate of drug-likeness (QED) is 0.247. The molecule has 1 aromatic heterocycles. The third-order valence-electron chi connectivity index (χ3n) is 6.74. The molecule has 1 saturated heterocycles. The summed E-state index contributed by atoms with van der Waals surface area (Å²) in [6.45, 7) is 4.10. The predicted molar refractivity (Wildman–Crippen MR) is 150 cm³/mol. The topological polar surface area (TPSA) is 169 Å². The molecule has 1 aliphatic rings. The van der Waals surface area contributed by atoms with E-state index in [-0.39, 0.29) is 17.1 Å². The fraction of sp³-hybridized carbons (Fsp3) is 0.379. The molecular weight excluding hydrogens is 584 g/mol. The SMILES string of the molecule is CC(=O)OC[C@]1(COS(=O)(=O)c2ccc(C)cc2)O[C@@H](n2cc(C)c(=O)[nH]c2=O)[C@H](OC(C)=O)[C@@H]1OCc1ccccc1. The number of ether oxygens (including phenoxy) is 4. The van der Waals surface area contributed by atoms with Crippen LogP contribution in [0.2, 0.25) is 0 Å². The molecule has 0 radical (unpaired) electrons. The summed E-state index contributed by atoms with van der Waals surface area (Å²) in [5.74, 6) is -1.49. The van der Waals surface area contributed by atoms with E-state index >= 15 is 0 Å². The van der Waals surface area contributed by atoms with Gasteiger partial charge in [-0.15, -0.1) is 0 Å². The summed E-state index contributed by atoms with van der Waals surface area (Å²) in [4.78, 5) is 51.4. The van der Waals surface area contributed by atoms with Crippen LogP contribution in [-0.4, -0.2) is 60.9 Å². The Morgan fingerprint density at radius 2 is 1.65 bits per heavy atom. The Bertz CT molecular complexity index is 1680. The molecule has 14 heteroatoms. The maximum atomic E-state index is 13.2. The summed E-state index contributed by atoms with van der Waals surface area (Å²) in [7, 11) is -4.37. The summed E-state index contributed by atoms with van der Waals surface area (Å²) >= 11 is 0. The number of esters is 2. The zero-order valence-corrected chi connectivity index (χ0v) is 24.8. The molecular formula is C29H32N2O11S. The molecule has 2 aromatic carbocycles. The average molecular weight is 617 g/mol. The van der Waals surface area contributed by atoms with E-state index in [1.807, 2.05) is 0 Å². The lowest BCUT2D eigenvalue weighted by Crippen LogP contribution is -2.53. The van der Waals surface area contributed by atoms with Gasteiger partial charge in [-0.3, -0.25) is 28.1 Å². The van der Waals surface area contributed by atoms with E-state index in [9.17, 15) is 27.6 Å². The molecule has 2 heterocycles. The maximum Gasteiger partial charge on any atom is 0.330 e. The number of carbonyl (C=O) groups excluding carboxylic acids is 2. The number of hydrogen-bond acceptors (Lipinski definition) is 11. The Morgan fingerprint density at radius 3 is 2.28 bits per heavy atom. The van der Waals surface area contributed by atoms with Crippen molar-refractivity contribution in [2.24, 2.45) is 0 Å². The molecule has 0 spiro atoms. The Labute approximate surface area is 247 Å². The summed E-state index contributed by atoms with van der Waals surface area (Å²) in [5, 5.41) is 0. The van der Waals surface area contributed by atoms with Gasteiger partial charge >= 0.3 is 17.6 Å². The van der Waals surface area contributed by atoms with Crippen molar-refractivity contribution in [2.45, 2.75) is 63.2 Å². The highest BCUT2D eigenvalue weighted by Gasteiger charge is 2.60. The van der Waals surface area contributed by atoms with Gasteiger partial charge in [0.15, 0.2) is 17.9 Å². The fourth-order valence-corrected chi connectivity index (χ4v) is 5.54. The highest BCUT2D eigenvalue weighted by Crippen LogP contribution is 2.42. The second-order valence-electron chi connectivity index (χ2n) is 10.2. The number of hydrogen-bond donors (Lipinski definition) is 1. The van der Waals surface area contributed by atoms with E-state index in [0.29, 0.717) is 5.56 Å². The molecule has 43 heavy (non-hydrogen) atoms. The lowest BCUT2D eigenvalue weighted by atomic mass is 9.96. The van der Waals surface area contributed by atoms with E-state index < -0.39 is 70.6 Å². The van der Waals surface area contributed by atoms with Gasteiger partial charge in [0.05, 0.1) is 11.5 Å². The first-order chi connectivity index (χ1) is 20.3. The van der Waals surface area contributed by atoms with Gasteiger partial charge in [-0.25, -0.2) is 4.79 Å². The van der Waals surface area contributed by atoms with Crippen molar-refractivity contribution in [3.63, 3.8) is 0 Å². The predicted octanol–water partition coefficient (Wildman–Crippen LogP) is 1.91. The number of carbonyl (C=O) groups is 2. The molecule has 13 nitrogen and oxygen atoms in total. The van der Waals surface area contributed by atoms with Crippen LogP contribution in [0.5, 0.6) is 0 Å². The van der Waals surface area contributed by atoms with Crippen LogP contribution in [0.1, 0.15) is 36.8 Å². The van der Waals surface area contributed by atoms with Gasteiger partial charge in [0.1, 0.15) is 19.3 Å². The van der Waals surface area contributed by atoms with Gasteiger partial charge in [-0.05, 0) is 31.5 Å². The third kappa shape index (κ3) is 7.46. The van der Waals surface area contributed by atoms with Crippen molar-refractivity contribution < 1.29 is 41.1 Å². The second-order valence-corrected chi connectivity index (χ2v) is 11.8. The molecule has 0 saturated carbocycles. The summed E-state index contributed by atoms with van der Waals surface area (Å²) in [5.41, 5.74) is -1.78. The zero-order valence-electron chi connectivity index (χ0n) is 24.0. The molecule has 0 amide bonds. The number of aromatic nitrogens is 2. The van der Waals surface area contributed by atoms with Crippen LogP contribution in [-0.2, 0) is 49.4 Å². The molecule has 1 aliphatic heterocycles. The lowest BCUT2D eigenvalue weighted by molar-refractivity contribution is -0.179. The Balaban J connectivity index is 1.82. The zero-order chi connectivity index (χ0) is 31.4. The van der Waals surface area contributed by atoms with Gasteiger partial charge < -0.3 is 18.9 Å². The average Bonchev–Trinajstić information content (AvgIpc) is 3.24. The summed E-state index contributed by atoms with van der Waals surface area (Å²) in [6.07, 6.45) is -2.96. The molecule has 0 aliphatic carbocycles. The van der Waals surface area contributed by atoms with E-state index in [0.717, 1.165) is 24.0 Å². The van der Waals surface area contributed by atoms with E-state index in [1.165, 1.54) is 25.3 Å². The molecule has 0 bridgehead atoms. The normalized spacial score (nSPS) is 21.8. The van der Waals surface area contributed by atoms with Crippen LogP contribution >= 0.6 is 0 Å². The number of aromatic amines is 1. The molecule has 4 atom stereocenters. The van der Waals surface area contributed by atoms with Gasteiger partial charge in [0, 0.05) is 25.6 Å². The third-order valence-corrected chi connectivity index (χ3v) is 8.01. The van der Waals surface area contributed by atoms with Crippen molar-refractivity contribution in [2.75, 3.05) is 13.2 Å². The van der Waals surface area contributed by atoms with E-state index in [4.69, 9.17) is 23.1 Å². The maximum absolute atomic E-state index is 13.2. The minimum Gasteiger partial charge on any atom is -0.463 e. The van der Waals surface area contributed by atoms with Crippen LogP contribution < -0.4 is 11.2 Å². The molecule has 4 rings (SSSR count). The van der Waals surface area contributed by atoms with Gasteiger partial charge in [0.2, 0.25) is 0 Å².